The first kappa shape index (κ1) is 10.7. The number of pyridine rings is 2. The van der Waals surface area contributed by atoms with Crippen molar-refractivity contribution in [1.29, 1.82) is 0 Å². The van der Waals surface area contributed by atoms with Crippen LogP contribution in [0.25, 0.3) is 22.0 Å². The van der Waals surface area contributed by atoms with E-state index in [1.165, 1.54) is 0 Å². The minimum Gasteiger partial charge on any atom is -0.321 e. The van der Waals surface area contributed by atoms with Gasteiger partial charge in [0.2, 0.25) is 0 Å². The highest BCUT2D eigenvalue weighted by atomic mass is 16.1. The molecule has 18 heavy (non-hydrogen) atoms. The van der Waals surface area contributed by atoms with E-state index < -0.39 is 0 Å². The smallest absolute Gasteiger partial charge is 0.256 e. The van der Waals surface area contributed by atoms with E-state index in [2.05, 4.69) is 9.97 Å². The van der Waals surface area contributed by atoms with Crippen molar-refractivity contribution in [2.75, 3.05) is 0 Å². The van der Waals surface area contributed by atoms with Crippen molar-refractivity contribution in [2.45, 2.75) is 6.92 Å². The molecule has 0 saturated heterocycles. The van der Waals surface area contributed by atoms with Gasteiger partial charge in [0.05, 0.1) is 0 Å². The first-order valence-corrected chi connectivity index (χ1v) is 5.79. The molecule has 0 amide bonds. The molecule has 3 nitrogen and oxygen atoms in total. The highest BCUT2D eigenvalue weighted by molar-refractivity contribution is 5.87. The summed E-state index contributed by atoms with van der Waals surface area (Å²) in [5, 5.41) is 1.72. The minimum atomic E-state index is -0.0528. The number of rotatable bonds is 1. The van der Waals surface area contributed by atoms with Crippen LogP contribution in [0.3, 0.4) is 0 Å². The number of nitrogens with one attached hydrogen (secondary N) is 1. The molecule has 88 valence electrons. The maximum absolute atomic E-state index is 12.1. The zero-order chi connectivity index (χ0) is 12.5. The molecule has 0 spiro atoms. The van der Waals surface area contributed by atoms with E-state index in [9.17, 15) is 4.79 Å². The maximum atomic E-state index is 12.1. The van der Waals surface area contributed by atoms with E-state index in [1.54, 1.807) is 12.4 Å². The van der Waals surface area contributed by atoms with Crippen LogP contribution in [0.4, 0.5) is 0 Å². The van der Waals surface area contributed by atoms with E-state index in [0.29, 0.717) is 0 Å². The van der Waals surface area contributed by atoms with Gasteiger partial charge in [-0.25, -0.2) is 0 Å². The summed E-state index contributed by atoms with van der Waals surface area (Å²) in [5.41, 5.74) is 2.84. The van der Waals surface area contributed by atoms with E-state index in [1.807, 2.05) is 43.3 Å². The van der Waals surface area contributed by atoms with E-state index in [-0.39, 0.29) is 5.56 Å². The lowest BCUT2D eigenvalue weighted by Crippen LogP contribution is -2.07. The molecule has 3 heteroatoms. The van der Waals surface area contributed by atoms with E-state index in [0.717, 1.165) is 27.6 Å². The Bertz CT molecular complexity index is 760. The quantitative estimate of drug-likeness (QED) is 0.706. The third kappa shape index (κ3) is 1.70. The third-order valence-electron chi connectivity index (χ3n) is 3.10. The van der Waals surface area contributed by atoms with Crippen LogP contribution in [-0.2, 0) is 0 Å². The van der Waals surface area contributed by atoms with Crippen LogP contribution in [0, 0.1) is 6.92 Å². The van der Waals surface area contributed by atoms with Gasteiger partial charge >= 0.3 is 0 Å². The van der Waals surface area contributed by atoms with Gasteiger partial charge in [0, 0.05) is 29.0 Å². The van der Waals surface area contributed by atoms with Crippen LogP contribution in [-0.4, -0.2) is 9.97 Å². The number of H-pyrrole nitrogens is 1. The predicted octanol–water partition coefficient (Wildman–Crippen LogP) is 2.90. The van der Waals surface area contributed by atoms with Crippen LogP contribution >= 0.6 is 0 Å². The molecular weight excluding hydrogens is 224 g/mol. The topological polar surface area (TPSA) is 45.8 Å². The number of aryl methyl sites for hydroxylation is 1. The Kier molecular flexibility index (Phi) is 2.45. The van der Waals surface area contributed by atoms with Crippen molar-refractivity contribution in [1.82, 2.24) is 9.97 Å². The highest BCUT2D eigenvalue weighted by Crippen LogP contribution is 2.21. The van der Waals surface area contributed by atoms with Crippen molar-refractivity contribution in [2.24, 2.45) is 0 Å². The zero-order valence-electron chi connectivity index (χ0n) is 9.97. The van der Waals surface area contributed by atoms with Crippen molar-refractivity contribution < 1.29 is 0 Å². The summed E-state index contributed by atoms with van der Waals surface area (Å²) in [7, 11) is 0. The zero-order valence-corrected chi connectivity index (χ0v) is 9.97. The third-order valence-corrected chi connectivity index (χ3v) is 3.10. The Morgan fingerprint density at radius 3 is 2.61 bits per heavy atom. The number of aromatic amines is 1. The number of benzene rings is 1. The second kappa shape index (κ2) is 4.11. The molecule has 0 aliphatic carbocycles. The van der Waals surface area contributed by atoms with Crippen LogP contribution in [0.5, 0.6) is 0 Å². The second-order valence-corrected chi connectivity index (χ2v) is 4.28. The van der Waals surface area contributed by atoms with Gasteiger partial charge in [0.1, 0.15) is 0 Å². The van der Waals surface area contributed by atoms with Crippen molar-refractivity contribution >= 4 is 10.8 Å². The summed E-state index contributed by atoms with van der Waals surface area (Å²) in [6, 6.07) is 11.5. The minimum absolute atomic E-state index is 0.0528. The van der Waals surface area contributed by atoms with Crippen LogP contribution < -0.4 is 5.56 Å². The Morgan fingerprint density at radius 1 is 1.06 bits per heavy atom. The molecule has 0 atom stereocenters. The lowest BCUT2D eigenvalue weighted by atomic mass is 10.0. The summed E-state index contributed by atoms with van der Waals surface area (Å²) in [4.78, 5) is 18.9. The van der Waals surface area contributed by atoms with Gasteiger partial charge in [-0.15, -0.1) is 0 Å². The molecule has 0 aliphatic rings. The fourth-order valence-corrected chi connectivity index (χ4v) is 2.13. The molecule has 0 radical (unpaired) electrons. The normalized spacial score (nSPS) is 10.7. The van der Waals surface area contributed by atoms with Crippen molar-refractivity contribution in [3.8, 4) is 11.3 Å². The average Bonchev–Trinajstić information content (AvgIpc) is 2.41. The summed E-state index contributed by atoms with van der Waals surface area (Å²) < 4.78 is 0. The lowest BCUT2D eigenvalue weighted by molar-refractivity contribution is 1.26. The highest BCUT2D eigenvalue weighted by Gasteiger charge is 2.05. The fraction of sp³-hybridized carbons (Fsp3) is 0.0667. The number of hydrogen-bond donors (Lipinski definition) is 1. The largest absolute Gasteiger partial charge is 0.321 e. The molecule has 3 aromatic rings. The van der Waals surface area contributed by atoms with Gasteiger partial charge in [0.25, 0.3) is 5.56 Å². The van der Waals surface area contributed by atoms with Gasteiger partial charge in [0.15, 0.2) is 0 Å². The standard InChI is InChI=1S/C15H12N2O/c1-10-3-2-4-12-13(10)9-14(17-15(12)18)11-5-7-16-8-6-11/h2-9H,1H3,(H,17,18). The Hall–Kier alpha value is -2.42. The summed E-state index contributed by atoms with van der Waals surface area (Å²) in [6.45, 7) is 2.01. The SMILES string of the molecule is Cc1cccc2c(=O)[nH]c(-c3ccncc3)cc12. The van der Waals surface area contributed by atoms with Crippen molar-refractivity contribution in [3.63, 3.8) is 0 Å². The molecule has 2 aromatic heterocycles. The molecule has 0 bridgehead atoms. The summed E-state index contributed by atoms with van der Waals surface area (Å²) in [5.74, 6) is 0. The van der Waals surface area contributed by atoms with Gasteiger partial charge < -0.3 is 4.98 Å². The Morgan fingerprint density at radius 2 is 1.83 bits per heavy atom. The summed E-state index contributed by atoms with van der Waals surface area (Å²) in [6.07, 6.45) is 3.44. The average molecular weight is 236 g/mol. The van der Waals surface area contributed by atoms with Gasteiger partial charge in [-0.2, -0.15) is 0 Å². The number of nitrogens with zero attached hydrogens (tertiary/aromatic N) is 1. The second-order valence-electron chi connectivity index (χ2n) is 4.28. The predicted molar refractivity (Wildman–Crippen MR) is 72.5 cm³/mol. The Balaban J connectivity index is 2.34. The van der Waals surface area contributed by atoms with Gasteiger partial charge in [-0.05, 0) is 42.1 Å². The first-order valence-electron chi connectivity index (χ1n) is 5.79. The van der Waals surface area contributed by atoms with Crippen LogP contribution in [0.2, 0.25) is 0 Å². The van der Waals surface area contributed by atoms with Gasteiger partial charge in [-0.1, -0.05) is 12.1 Å². The fourth-order valence-electron chi connectivity index (χ4n) is 2.13. The number of aromatic nitrogens is 2. The summed E-state index contributed by atoms with van der Waals surface area (Å²) >= 11 is 0. The maximum Gasteiger partial charge on any atom is 0.256 e. The molecule has 2 heterocycles. The molecule has 0 unspecified atom stereocenters. The van der Waals surface area contributed by atoms with Crippen LogP contribution in [0.15, 0.2) is 53.6 Å². The molecule has 0 aliphatic heterocycles. The lowest BCUT2D eigenvalue weighted by Gasteiger charge is -2.05. The molecular formula is C15H12N2O. The molecule has 1 aromatic carbocycles. The Labute approximate surface area is 104 Å². The number of fused-ring (bicyclic) bond motifs is 1. The van der Waals surface area contributed by atoms with Crippen molar-refractivity contribution in [3.05, 3.63) is 64.7 Å². The van der Waals surface area contributed by atoms with E-state index >= 15 is 0 Å². The molecule has 1 N–H and O–H groups in total. The molecule has 3 rings (SSSR count). The van der Waals surface area contributed by atoms with Crippen LogP contribution in [0.1, 0.15) is 5.56 Å². The molecule has 0 saturated carbocycles. The molecule has 0 fully saturated rings. The first-order chi connectivity index (χ1) is 8.75. The van der Waals surface area contributed by atoms with E-state index in [4.69, 9.17) is 0 Å². The number of hydrogen-bond acceptors (Lipinski definition) is 2. The van der Waals surface area contributed by atoms with Gasteiger partial charge in [-0.3, -0.25) is 9.78 Å². The monoisotopic (exact) mass is 236 g/mol.